The van der Waals surface area contributed by atoms with Gasteiger partial charge in [-0.3, -0.25) is 0 Å². The molecule has 0 radical (unpaired) electrons. The molecule has 1 saturated carbocycles. The van der Waals surface area contributed by atoms with Crippen LogP contribution in [0.25, 0.3) is 0 Å². The minimum absolute atomic E-state index is 0.0422. The van der Waals surface area contributed by atoms with E-state index in [0.717, 1.165) is 12.5 Å². The van der Waals surface area contributed by atoms with Gasteiger partial charge in [0, 0.05) is 6.54 Å². The zero-order valence-electron chi connectivity index (χ0n) is 11.9. The molecule has 2 atom stereocenters. The average Bonchev–Trinajstić information content (AvgIpc) is 2.81. The summed E-state index contributed by atoms with van der Waals surface area (Å²) < 4.78 is 13.5. The summed E-state index contributed by atoms with van der Waals surface area (Å²) in [4.78, 5) is 22.8. The van der Waals surface area contributed by atoms with Crippen LogP contribution >= 0.6 is 0 Å². The van der Waals surface area contributed by atoms with Crippen LogP contribution in [-0.4, -0.2) is 23.7 Å². The molecule has 2 unspecified atom stereocenters. The second-order valence-corrected chi connectivity index (χ2v) is 5.47. The van der Waals surface area contributed by atoms with Gasteiger partial charge in [0.25, 0.3) is 0 Å². The maximum Gasteiger partial charge on any atom is 0.340 e. The Kier molecular flexibility index (Phi) is 4.77. The van der Waals surface area contributed by atoms with Crippen molar-refractivity contribution in [3.05, 3.63) is 29.6 Å². The van der Waals surface area contributed by atoms with Crippen LogP contribution in [0.3, 0.4) is 0 Å². The maximum atomic E-state index is 13.5. The number of aromatic carboxylic acids is 1. The molecule has 0 heterocycles. The number of amides is 2. The third-order valence-electron chi connectivity index (χ3n) is 4.04. The normalized spacial score (nSPS) is 21.0. The van der Waals surface area contributed by atoms with Crippen LogP contribution in [0.2, 0.25) is 0 Å². The highest BCUT2D eigenvalue weighted by Gasteiger charge is 2.24. The van der Waals surface area contributed by atoms with E-state index in [1.807, 2.05) is 0 Å². The van der Waals surface area contributed by atoms with Crippen LogP contribution in [0.15, 0.2) is 18.2 Å². The largest absolute Gasteiger partial charge is 0.478 e. The maximum absolute atomic E-state index is 13.5. The van der Waals surface area contributed by atoms with Crippen LogP contribution in [-0.2, 0) is 0 Å². The van der Waals surface area contributed by atoms with Gasteiger partial charge in [0.1, 0.15) is 11.4 Å². The molecule has 6 heteroatoms. The summed E-state index contributed by atoms with van der Waals surface area (Å²) in [6.45, 7) is 2.71. The van der Waals surface area contributed by atoms with E-state index in [0.29, 0.717) is 18.4 Å². The van der Waals surface area contributed by atoms with Crippen molar-refractivity contribution in [2.45, 2.75) is 26.2 Å². The molecule has 1 aliphatic carbocycles. The molecule has 0 aromatic heterocycles. The van der Waals surface area contributed by atoms with Gasteiger partial charge < -0.3 is 15.7 Å². The molecule has 2 amide bonds. The summed E-state index contributed by atoms with van der Waals surface area (Å²) in [5, 5.41) is 14.1. The number of nitrogens with one attached hydrogen (secondary N) is 2. The third-order valence-corrected chi connectivity index (χ3v) is 4.04. The quantitative estimate of drug-likeness (QED) is 0.798. The number of rotatable bonds is 4. The summed E-state index contributed by atoms with van der Waals surface area (Å²) in [6, 6.07) is 3.26. The number of hydrogen-bond donors (Lipinski definition) is 3. The number of halogens is 1. The van der Waals surface area contributed by atoms with Crippen molar-refractivity contribution in [2.24, 2.45) is 11.8 Å². The fourth-order valence-corrected chi connectivity index (χ4v) is 2.76. The Hall–Kier alpha value is -2.11. The topological polar surface area (TPSA) is 78.4 Å². The minimum Gasteiger partial charge on any atom is -0.478 e. The van der Waals surface area contributed by atoms with Gasteiger partial charge in [0.15, 0.2) is 0 Å². The minimum atomic E-state index is -1.41. The molecule has 1 aliphatic rings. The zero-order chi connectivity index (χ0) is 15.4. The van der Waals surface area contributed by atoms with Crippen LogP contribution in [0.5, 0.6) is 0 Å². The highest BCUT2D eigenvalue weighted by Crippen LogP contribution is 2.30. The van der Waals surface area contributed by atoms with E-state index >= 15 is 0 Å². The number of carbonyl (C=O) groups excluding carboxylic acids is 1. The molecule has 1 aromatic rings. The van der Waals surface area contributed by atoms with E-state index in [1.165, 1.54) is 25.0 Å². The van der Waals surface area contributed by atoms with Crippen LogP contribution in [0, 0.1) is 17.7 Å². The lowest BCUT2D eigenvalue weighted by molar-refractivity contribution is 0.0693. The van der Waals surface area contributed by atoms with Crippen molar-refractivity contribution in [1.82, 2.24) is 5.32 Å². The highest BCUT2D eigenvalue weighted by molar-refractivity contribution is 6.00. The van der Waals surface area contributed by atoms with Crippen molar-refractivity contribution in [3.8, 4) is 0 Å². The first kappa shape index (κ1) is 15.3. The molecule has 114 valence electrons. The van der Waals surface area contributed by atoms with E-state index < -0.39 is 23.4 Å². The van der Waals surface area contributed by atoms with E-state index in [1.54, 1.807) is 0 Å². The standard InChI is InChI=1S/C15H19FN2O3/c1-9-4-2-5-10(9)8-17-15(21)18-12-7-3-6-11(16)13(12)14(19)20/h3,6-7,9-10H,2,4-5,8H2,1H3,(H,19,20)(H2,17,18,21). The van der Waals surface area contributed by atoms with Crippen LogP contribution in [0.4, 0.5) is 14.9 Å². The van der Waals surface area contributed by atoms with Crippen LogP contribution < -0.4 is 10.6 Å². The smallest absolute Gasteiger partial charge is 0.340 e. The number of urea groups is 1. The Labute approximate surface area is 122 Å². The summed E-state index contributed by atoms with van der Waals surface area (Å²) in [6.07, 6.45) is 3.42. The Morgan fingerprint density at radius 3 is 2.76 bits per heavy atom. The van der Waals surface area contributed by atoms with E-state index in [2.05, 4.69) is 17.6 Å². The predicted octanol–water partition coefficient (Wildman–Crippen LogP) is 3.08. The highest BCUT2D eigenvalue weighted by atomic mass is 19.1. The number of carboxylic acid groups (broad SMARTS) is 1. The summed E-state index contributed by atoms with van der Waals surface area (Å²) in [7, 11) is 0. The number of carboxylic acids is 1. The van der Waals surface area contributed by atoms with Crippen molar-refractivity contribution in [3.63, 3.8) is 0 Å². The molecule has 21 heavy (non-hydrogen) atoms. The van der Waals surface area contributed by atoms with Crippen molar-refractivity contribution in [2.75, 3.05) is 11.9 Å². The lowest BCUT2D eigenvalue weighted by Crippen LogP contribution is -2.34. The molecule has 0 aliphatic heterocycles. The molecule has 0 saturated heterocycles. The fraction of sp³-hybridized carbons (Fsp3) is 0.467. The van der Waals surface area contributed by atoms with Crippen molar-refractivity contribution >= 4 is 17.7 Å². The fourth-order valence-electron chi connectivity index (χ4n) is 2.76. The second-order valence-electron chi connectivity index (χ2n) is 5.47. The molecular weight excluding hydrogens is 275 g/mol. The second kappa shape index (κ2) is 6.56. The zero-order valence-corrected chi connectivity index (χ0v) is 11.9. The van der Waals surface area contributed by atoms with E-state index in [-0.39, 0.29) is 5.69 Å². The van der Waals surface area contributed by atoms with E-state index in [4.69, 9.17) is 5.11 Å². The molecule has 0 bridgehead atoms. The summed E-state index contributed by atoms with van der Waals surface area (Å²) >= 11 is 0. The van der Waals surface area contributed by atoms with Gasteiger partial charge in [-0.25, -0.2) is 14.0 Å². The SMILES string of the molecule is CC1CCCC1CNC(=O)Nc1cccc(F)c1C(=O)O. The number of carbonyl (C=O) groups is 2. The van der Waals surface area contributed by atoms with Gasteiger partial charge in [0.05, 0.1) is 5.69 Å². The van der Waals surface area contributed by atoms with Gasteiger partial charge in [-0.15, -0.1) is 0 Å². The van der Waals surface area contributed by atoms with Gasteiger partial charge in [-0.1, -0.05) is 25.8 Å². The first-order valence-electron chi connectivity index (χ1n) is 7.05. The molecule has 2 rings (SSSR count). The molecule has 0 spiro atoms. The average molecular weight is 294 g/mol. The molecule has 1 aromatic carbocycles. The summed E-state index contributed by atoms with van der Waals surface area (Å²) in [5.74, 6) is -1.26. The first-order valence-corrected chi connectivity index (χ1v) is 7.05. The molecule has 5 nitrogen and oxygen atoms in total. The van der Waals surface area contributed by atoms with Crippen LogP contribution in [0.1, 0.15) is 36.5 Å². The molecule has 1 fully saturated rings. The Bertz CT molecular complexity index is 548. The lowest BCUT2D eigenvalue weighted by atomic mass is 9.98. The van der Waals surface area contributed by atoms with Crippen molar-refractivity contribution in [1.29, 1.82) is 0 Å². The number of anilines is 1. The molecular formula is C15H19FN2O3. The Morgan fingerprint density at radius 1 is 1.38 bits per heavy atom. The number of hydrogen-bond acceptors (Lipinski definition) is 2. The monoisotopic (exact) mass is 294 g/mol. The molecule has 3 N–H and O–H groups in total. The first-order chi connectivity index (χ1) is 9.99. The predicted molar refractivity (Wildman–Crippen MR) is 76.9 cm³/mol. The van der Waals surface area contributed by atoms with Gasteiger partial charge in [0.2, 0.25) is 0 Å². The Morgan fingerprint density at radius 2 is 2.14 bits per heavy atom. The number of benzene rings is 1. The third kappa shape index (κ3) is 3.71. The van der Waals surface area contributed by atoms with Gasteiger partial charge in [-0.2, -0.15) is 0 Å². The van der Waals surface area contributed by atoms with Crippen molar-refractivity contribution < 1.29 is 19.1 Å². The summed E-state index contributed by atoms with van der Waals surface area (Å²) in [5.41, 5.74) is -0.568. The lowest BCUT2D eigenvalue weighted by Gasteiger charge is -2.16. The van der Waals surface area contributed by atoms with Gasteiger partial charge >= 0.3 is 12.0 Å². The van der Waals surface area contributed by atoms with E-state index in [9.17, 15) is 14.0 Å². The Balaban J connectivity index is 1.97. The van der Waals surface area contributed by atoms with Gasteiger partial charge in [-0.05, 0) is 30.4 Å².